The Morgan fingerprint density at radius 2 is 2.12 bits per heavy atom. The zero-order chi connectivity index (χ0) is 18.4. The van der Waals surface area contributed by atoms with E-state index < -0.39 is 13.0 Å². The van der Waals surface area contributed by atoms with Crippen LogP contribution < -0.4 is 5.23 Å². The van der Waals surface area contributed by atoms with Crippen LogP contribution in [0.25, 0.3) is 0 Å². The molecule has 1 aromatic heterocycles. The summed E-state index contributed by atoms with van der Waals surface area (Å²) in [6, 6.07) is 6.05. The van der Waals surface area contributed by atoms with Crippen LogP contribution in [0, 0.1) is 12.7 Å². The van der Waals surface area contributed by atoms with Crippen LogP contribution in [0.1, 0.15) is 23.1 Å². The van der Waals surface area contributed by atoms with Gasteiger partial charge in [0.25, 0.3) is 0 Å². The molecule has 0 aliphatic heterocycles. The minimum atomic E-state index is -0.617. The molecule has 2 aromatic rings. The molecule has 25 heavy (non-hydrogen) atoms. The fourth-order valence-electron chi connectivity index (χ4n) is 2.20. The summed E-state index contributed by atoms with van der Waals surface area (Å²) in [6.45, 7) is 6.49. The lowest BCUT2D eigenvalue weighted by Gasteiger charge is -2.07. The number of rotatable bonds is 8. The smallest absolute Gasteiger partial charge is 0.373 e. The molecule has 0 saturated heterocycles. The first-order valence-electron chi connectivity index (χ1n) is 8.01. The molecule has 0 saturated carbocycles. The van der Waals surface area contributed by atoms with E-state index in [-0.39, 0.29) is 18.1 Å². The maximum Gasteiger partial charge on any atom is 0.373 e. The lowest BCUT2D eigenvalue weighted by Crippen LogP contribution is -2.33. The number of ether oxygens (including phenoxy) is 1. The summed E-state index contributed by atoms with van der Waals surface area (Å²) >= 11 is 1.34. The summed E-state index contributed by atoms with van der Waals surface area (Å²) in [5, 5.41) is 16.5. The van der Waals surface area contributed by atoms with Gasteiger partial charge in [-0.3, -0.25) is 4.68 Å². The number of hydrogen-bond donors (Lipinski definition) is 2. The number of benzene rings is 1. The van der Waals surface area contributed by atoms with Crippen molar-refractivity contribution in [3.8, 4) is 0 Å². The summed E-state index contributed by atoms with van der Waals surface area (Å²) in [6.07, 6.45) is 0. The molecule has 1 aromatic carbocycles. The summed E-state index contributed by atoms with van der Waals surface area (Å²) in [4.78, 5) is 13.7. The average Bonchev–Trinajstić information content (AvgIpc) is 2.86. The third-order valence-electron chi connectivity index (χ3n) is 3.42. The quantitative estimate of drug-likeness (QED) is 0.553. The van der Waals surface area contributed by atoms with Crippen molar-refractivity contribution in [1.29, 1.82) is 0 Å². The molecule has 0 fully saturated rings. The van der Waals surface area contributed by atoms with E-state index in [1.54, 1.807) is 30.6 Å². The molecule has 2 rings (SSSR count). The van der Waals surface area contributed by atoms with E-state index in [0.717, 1.165) is 10.6 Å². The summed E-state index contributed by atoms with van der Waals surface area (Å²) in [5.74, 6) is -0.802. The molecule has 9 heteroatoms. The fraction of sp³-hybridized carbons (Fsp3) is 0.375. The molecule has 0 atom stereocenters. The van der Waals surface area contributed by atoms with Gasteiger partial charge in [-0.25, -0.2) is 9.18 Å². The molecule has 0 bridgehead atoms. The topological polar surface area (TPSA) is 76.4 Å². The van der Waals surface area contributed by atoms with Crippen LogP contribution >= 0.6 is 11.8 Å². The number of carbonyl (C=O) groups excluding carboxylic acids is 1. The van der Waals surface area contributed by atoms with Gasteiger partial charge in [-0.2, -0.15) is 5.10 Å². The van der Waals surface area contributed by atoms with Crippen molar-refractivity contribution in [2.24, 2.45) is 0 Å². The maximum absolute atomic E-state index is 13.1. The van der Waals surface area contributed by atoms with Crippen LogP contribution in [0.4, 0.5) is 4.39 Å². The highest BCUT2D eigenvalue weighted by molar-refractivity contribution is 7.99. The Balaban J connectivity index is 2.28. The molecule has 0 aliphatic carbocycles. The second-order valence-electron chi connectivity index (χ2n) is 5.39. The minimum Gasteiger partial charge on any atom is -0.461 e. The molecule has 6 nitrogen and oxygen atoms in total. The first-order valence-corrected chi connectivity index (χ1v) is 8.83. The third kappa shape index (κ3) is 5.32. The highest BCUT2D eigenvalue weighted by Crippen LogP contribution is 2.33. The lowest BCUT2D eigenvalue weighted by molar-refractivity contribution is 0.0514. The Kier molecular flexibility index (Phi) is 7.04. The van der Waals surface area contributed by atoms with Crippen molar-refractivity contribution >= 4 is 24.8 Å². The van der Waals surface area contributed by atoms with Crippen LogP contribution in [-0.4, -0.2) is 41.0 Å². The van der Waals surface area contributed by atoms with E-state index in [1.807, 2.05) is 6.92 Å². The Labute approximate surface area is 150 Å². The first kappa shape index (κ1) is 19.5. The molecule has 2 N–H and O–H groups in total. The van der Waals surface area contributed by atoms with Gasteiger partial charge in [0.05, 0.1) is 23.7 Å². The number of esters is 1. The van der Waals surface area contributed by atoms with Gasteiger partial charge in [0.15, 0.2) is 5.69 Å². The van der Waals surface area contributed by atoms with Crippen LogP contribution in [0.3, 0.4) is 0 Å². The van der Waals surface area contributed by atoms with Gasteiger partial charge in [-0.1, -0.05) is 11.8 Å². The van der Waals surface area contributed by atoms with Crippen molar-refractivity contribution in [2.75, 3.05) is 13.2 Å². The van der Waals surface area contributed by atoms with Gasteiger partial charge in [0.1, 0.15) is 5.82 Å². The number of nitrogens with one attached hydrogen (secondary N) is 1. The number of hydrogen-bond acceptors (Lipinski definition) is 6. The van der Waals surface area contributed by atoms with Crippen molar-refractivity contribution in [1.82, 2.24) is 15.0 Å². The largest absolute Gasteiger partial charge is 0.461 e. The van der Waals surface area contributed by atoms with Crippen molar-refractivity contribution < 1.29 is 18.9 Å². The molecule has 0 amide bonds. The molecule has 0 aliphatic rings. The van der Waals surface area contributed by atoms with Gasteiger partial charge < -0.3 is 15.0 Å². The Bertz CT molecular complexity index is 722. The first-order chi connectivity index (χ1) is 11.9. The third-order valence-corrected chi connectivity index (χ3v) is 4.62. The highest BCUT2D eigenvalue weighted by Gasteiger charge is 2.23. The standard InChI is InChI=1S/C16H21BFN3O3S/c1-4-24-16(22)14-15(25-13-7-5-12(18)6-8-13)11(2)21(20-14)10-9-19-17(3)23/h5-8,19,23H,4,9-10H2,1-3H3. The van der Waals surface area contributed by atoms with Gasteiger partial charge in [0.2, 0.25) is 0 Å². The van der Waals surface area contributed by atoms with E-state index in [2.05, 4.69) is 10.3 Å². The Morgan fingerprint density at radius 3 is 2.72 bits per heavy atom. The summed E-state index contributed by atoms with van der Waals surface area (Å²) < 4.78 is 19.9. The summed E-state index contributed by atoms with van der Waals surface area (Å²) in [7, 11) is -0.617. The Hall–Kier alpha value is -1.84. The van der Waals surface area contributed by atoms with Crippen LogP contribution in [0.5, 0.6) is 0 Å². The molecule has 1 heterocycles. The molecule has 134 valence electrons. The van der Waals surface area contributed by atoms with Crippen LogP contribution in [-0.2, 0) is 11.3 Å². The van der Waals surface area contributed by atoms with E-state index >= 15 is 0 Å². The van der Waals surface area contributed by atoms with Crippen LogP contribution in [0.15, 0.2) is 34.1 Å². The maximum atomic E-state index is 13.1. The molecule has 0 unspecified atom stereocenters. The van der Waals surface area contributed by atoms with Crippen molar-refractivity contribution in [2.45, 2.75) is 37.0 Å². The van der Waals surface area contributed by atoms with Gasteiger partial charge in [0, 0.05) is 11.4 Å². The van der Waals surface area contributed by atoms with Gasteiger partial charge >= 0.3 is 13.0 Å². The number of aromatic nitrogens is 2. The lowest BCUT2D eigenvalue weighted by atomic mass is 9.89. The molecule has 0 spiro atoms. The second kappa shape index (κ2) is 9.03. The zero-order valence-corrected chi connectivity index (χ0v) is 15.3. The van der Waals surface area contributed by atoms with E-state index in [4.69, 9.17) is 4.74 Å². The fourth-order valence-corrected chi connectivity index (χ4v) is 3.18. The number of carbonyl (C=O) groups is 1. The average molecular weight is 365 g/mol. The van der Waals surface area contributed by atoms with Crippen molar-refractivity contribution in [3.63, 3.8) is 0 Å². The predicted molar refractivity (Wildman–Crippen MR) is 95.3 cm³/mol. The molecular formula is C16H21BFN3O3S. The molecule has 0 radical (unpaired) electrons. The van der Waals surface area contributed by atoms with Crippen molar-refractivity contribution in [3.05, 3.63) is 41.5 Å². The molecular weight excluding hydrogens is 344 g/mol. The summed E-state index contributed by atoms with van der Waals surface area (Å²) in [5.41, 5.74) is 1.05. The van der Waals surface area contributed by atoms with E-state index in [0.29, 0.717) is 18.0 Å². The van der Waals surface area contributed by atoms with E-state index in [9.17, 15) is 14.2 Å². The predicted octanol–water partition coefficient (Wildman–Crippen LogP) is 2.36. The van der Waals surface area contributed by atoms with Gasteiger partial charge in [-0.05, 0) is 44.9 Å². The van der Waals surface area contributed by atoms with Crippen LogP contribution in [0.2, 0.25) is 6.82 Å². The Morgan fingerprint density at radius 1 is 1.44 bits per heavy atom. The van der Waals surface area contributed by atoms with Gasteiger partial charge in [-0.15, -0.1) is 0 Å². The monoisotopic (exact) mass is 365 g/mol. The number of nitrogens with zero attached hydrogens (tertiary/aromatic N) is 2. The minimum absolute atomic E-state index is 0.241. The van der Waals surface area contributed by atoms with E-state index in [1.165, 1.54) is 23.9 Å². The normalized spacial score (nSPS) is 10.8. The number of halogens is 1. The SMILES string of the molecule is CCOC(=O)c1nn(CCNB(C)O)c(C)c1Sc1ccc(F)cc1. The zero-order valence-electron chi connectivity index (χ0n) is 14.5. The second-order valence-corrected chi connectivity index (χ2v) is 6.48. The highest BCUT2D eigenvalue weighted by atomic mass is 32.2.